The number of carbonyl (C=O) groups is 1. The molecule has 2 aromatic rings. The van der Waals surface area contributed by atoms with E-state index in [0.29, 0.717) is 11.4 Å². The Labute approximate surface area is 96.8 Å². The molecule has 2 rings (SSSR count). The molecule has 0 saturated heterocycles. The number of hydrogen-bond acceptors (Lipinski definition) is 3. The van der Waals surface area contributed by atoms with Crippen molar-refractivity contribution in [3.8, 4) is 11.3 Å². The van der Waals surface area contributed by atoms with Crippen LogP contribution in [0.4, 0.5) is 4.39 Å². The number of benzene rings is 1. The summed E-state index contributed by atoms with van der Waals surface area (Å²) in [5.74, 6) is -1.28. The zero-order valence-corrected chi connectivity index (χ0v) is 8.80. The topological polar surface area (TPSA) is 63.1 Å². The quantitative estimate of drug-likeness (QED) is 0.877. The third-order valence-corrected chi connectivity index (χ3v) is 2.20. The number of carboxylic acids is 1. The molecule has 0 amide bonds. The predicted octanol–water partition coefficient (Wildman–Crippen LogP) is 1.91. The van der Waals surface area contributed by atoms with Gasteiger partial charge in [0.15, 0.2) is 0 Å². The van der Waals surface area contributed by atoms with Gasteiger partial charge in [0.2, 0.25) is 0 Å². The van der Waals surface area contributed by atoms with E-state index in [-0.39, 0.29) is 12.2 Å². The zero-order chi connectivity index (χ0) is 12.3. The normalized spacial score (nSPS) is 10.2. The van der Waals surface area contributed by atoms with Gasteiger partial charge in [0.05, 0.1) is 17.8 Å². The largest absolute Gasteiger partial charge is 0.481 e. The standard InChI is InChI=1S/C12H9FN2O2/c13-9-3-1-8(2-4-9)11-5-10(6-12(16)17)14-7-15-11/h1-5,7H,6H2,(H,16,17). The smallest absolute Gasteiger partial charge is 0.309 e. The Morgan fingerprint density at radius 1 is 1.24 bits per heavy atom. The number of carboxylic acid groups (broad SMARTS) is 1. The van der Waals surface area contributed by atoms with Gasteiger partial charge in [0.1, 0.15) is 12.1 Å². The van der Waals surface area contributed by atoms with Crippen molar-refractivity contribution in [3.05, 3.63) is 48.2 Å². The fourth-order valence-electron chi connectivity index (χ4n) is 1.43. The molecule has 5 heteroatoms. The maximum atomic E-state index is 12.7. The Morgan fingerprint density at radius 2 is 1.94 bits per heavy atom. The maximum absolute atomic E-state index is 12.7. The molecule has 0 unspecified atom stereocenters. The molecule has 0 aliphatic carbocycles. The average molecular weight is 232 g/mol. The Hall–Kier alpha value is -2.30. The van der Waals surface area contributed by atoms with Gasteiger partial charge in [-0.05, 0) is 30.3 Å². The first kappa shape index (κ1) is 11.2. The number of rotatable bonds is 3. The molecule has 1 aromatic heterocycles. The first-order chi connectivity index (χ1) is 8.15. The van der Waals surface area contributed by atoms with E-state index in [2.05, 4.69) is 9.97 Å². The average Bonchev–Trinajstić information content (AvgIpc) is 2.29. The minimum atomic E-state index is -0.950. The lowest BCUT2D eigenvalue weighted by molar-refractivity contribution is -0.136. The molecule has 0 radical (unpaired) electrons. The summed E-state index contributed by atoms with van der Waals surface area (Å²) in [5, 5.41) is 8.65. The van der Waals surface area contributed by atoms with Crippen LogP contribution in [-0.2, 0) is 11.2 Å². The van der Waals surface area contributed by atoms with Crippen molar-refractivity contribution in [2.75, 3.05) is 0 Å². The van der Waals surface area contributed by atoms with Crippen molar-refractivity contribution < 1.29 is 14.3 Å². The van der Waals surface area contributed by atoms with Crippen molar-refractivity contribution in [1.29, 1.82) is 0 Å². The number of aromatic nitrogens is 2. The van der Waals surface area contributed by atoms with Crippen LogP contribution >= 0.6 is 0 Å². The lowest BCUT2D eigenvalue weighted by Crippen LogP contribution is -2.03. The zero-order valence-electron chi connectivity index (χ0n) is 8.80. The van der Waals surface area contributed by atoms with Gasteiger partial charge in [-0.25, -0.2) is 14.4 Å². The fourth-order valence-corrected chi connectivity index (χ4v) is 1.43. The molecule has 0 saturated carbocycles. The van der Waals surface area contributed by atoms with E-state index < -0.39 is 5.97 Å². The first-order valence-electron chi connectivity index (χ1n) is 4.94. The minimum Gasteiger partial charge on any atom is -0.481 e. The summed E-state index contributed by atoms with van der Waals surface area (Å²) >= 11 is 0. The van der Waals surface area contributed by atoms with E-state index in [1.807, 2.05) is 0 Å². The molecule has 1 N–H and O–H groups in total. The van der Waals surface area contributed by atoms with Gasteiger partial charge in [-0.15, -0.1) is 0 Å². The summed E-state index contributed by atoms with van der Waals surface area (Å²) in [6.07, 6.45) is 1.15. The Balaban J connectivity index is 2.32. The maximum Gasteiger partial charge on any atom is 0.309 e. The Morgan fingerprint density at radius 3 is 2.59 bits per heavy atom. The molecule has 86 valence electrons. The Bertz CT molecular complexity index is 540. The van der Waals surface area contributed by atoms with Crippen LogP contribution < -0.4 is 0 Å². The highest BCUT2D eigenvalue weighted by atomic mass is 19.1. The number of halogens is 1. The summed E-state index contributed by atoms with van der Waals surface area (Å²) in [6, 6.07) is 7.41. The predicted molar refractivity (Wildman–Crippen MR) is 58.8 cm³/mol. The molecular weight excluding hydrogens is 223 g/mol. The van der Waals surface area contributed by atoms with Gasteiger partial charge in [-0.2, -0.15) is 0 Å². The summed E-state index contributed by atoms with van der Waals surface area (Å²) < 4.78 is 12.7. The van der Waals surface area contributed by atoms with E-state index in [1.54, 1.807) is 18.2 Å². The van der Waals surface area contributed by atoms with Gasteiger partial charge in [0, 0.05) is 5.56 Å². The second-order valence-corrected chi connectivity index (χ2v) is 3.47. The highest BCUT2D eigenvalue weighted by Crippen LogP contribution is 2.17. The van der Waals surface area contributed by atoms with Crippen LogP contribution in [0.15, 0.2) is 36.7 Å². The lowest BCUT2D eigenvalue weighted by Gasteiger charge is -2.02. The summed E-state index contributed by atoms with van der Waals surface area (Å²) in [4.78, 5) is 18.4. The second kappa shape index (κ2) is 4.69. The molecule has 0 fully saturated rings. The van der Waals surface area contributed by atoms with Crippen molar-refractivity contribution in [2.24, 2.45) is 0 Å². The van der Waals surface area contributed by atoms with Crippen LogP contribution in [0.5, 0.6) is 0 Å². The third kappa shape index (κ3) is 2.84. The number of nitrogens with zero attached hydrogens (tertiary/aromatic N) is 2. The molecule has 1 aromatic carbocycles. The summed E-state index contributed by atoms with van der Waals surface area (Å²) in [7, 11) is 0. The molecule has 17 heavy (non-hydrogen) atoms. The van der Waals surface area contributed by atoms with E-state index in [1.165, 1.54) is 18.5 Å². The van der Waals surface area contributed by atoms with Crippen LogP contribution in [0, 0.1) is 5.82 Å². The highest BCUT2D eigenvalue weighted by molar-refractivity contribution is 5.70. The molecular formula is C12H9FN2O2. The van der Waals surface area contributed by atoms with Crippen LogP contribution in [0.3, 0.4) is 0 Å². The SMILES string of the molecule is O=C(O)Cc1cc(-c2ccc(F)cc2)ncn1. The van der Waals surface area contributed by atoms with Crippen molar-refractivity contribution in [1.82, 2.24) is 9.97 Å². The molecule has 0 aliphatic heterocycles. The van der Waals surface area contributed by atoms with Crippen LogP contribution in [-0.4, -0.2) is 21.0 Å². The van der Waals surface area contributed by atoms with Gasteiger partial charge in [-0.3, -0.25) is 4.79 Å². The summed E-state index contributed by atoms with van der Waals surface area (Å²) in [5.41, 5.74) is 1.73. The molecule has 0 bridgehead atoms. The van der Waals surface area contributed by atoms with E-state index in [4.69, 9.17) is 5.11 Å². The van der Waals surface area contributed by atoms with Crippen molar-refractivity contribution in [2.45, 2.75) is 6.42 Å². The molecule has 4 nitrogen and oxygen atoms in total. The van der Waals surface area contributed by atoms with Crippen molar-refractivity contribution >= 4 is 5.97 Å². The monoisotopic (exact) mass is 232 g/mol. The van der Waals surface area contributed by atoms with Crippen LogP contribution in [0.25, 0.3) is 11.3 Å². The van der Waals surface area contributed by atoms with Crippen LogP contribution in [0.2, 0.25) is 0 Å². The number of hydrogen-bond donors (Lipinski definition) is 1. The van der Waals surface area contributed by atoms with Crippen molar-refractivity contribution in [3.63, 3.8) is 0 Å². The van der Waals surface area contributed by atoms with Gasteiger partial charge >= 0.3 is 5.97 Å². The molecule has 0 spiro atoms. The molecule has 0 atom stereocenters. The number of aliphatic carboxylic acids is 1. The second-order valence-electron chi connectivity index (χ2n) is 3.47. The van der Waals surface area contributed by atoms with E-state index >= 15 is 0 Å². The first-order valence-corrected chi connectivity index (χ1v) is 4.94. The molecule has 0 aliphatic rings. The minimum absolute atomic E-state index is 0.156. The lowest BCUT2D eigenvalue weighted by atomic mass is 10.1. The Kier molecular flexibility index (Phi) is 3.09. The molecule has 1 heterocycles. The van der Waals surface area contributed by atoms with Gasteiger partial charge < -0.3 is 5.11 Å². The van der Waals surface area contributed by atoms with Gasteiger partial charge in [0.25, 0.3) is 0 Å². The third-order valence-electron chi connectivity index (χ3n) is 2.20. The highest BCUT2D eigenvalue weighted by Gasteiger charge is 2.05. The van der Waals surface area contributed by atoms with Crippen LogP contribution in [0.1, 0.15) is 5.69 Å². The van der Waals surface area contributed by atoms with E-state index in [0.717, 1.165) is 5.56 Å². The van der Waals surface area contributed by atoms with Gasteiger partial charge in [-0.1, -0.05) is 0 Å². The van der Waals surface area contributed by atoms with E-state index in [9.17, 15) is 9.18 Å². The fraction of sp³-hybridized carbons (Fsp3) is 0.0833. The summed E-state index contributed by atoms with van der Waals surface area (Å²) in [6.45, 7) is 0.